The summed E-state index contributed by atoms with van der Waals surface area (Å²) in [6.45, 7) is 3.59. The first kappa shape index (κ1) is 13.8. The van der Waals surface area contributed by atoms with Crippen LogP contribution in [0.15, 0.2) is 0 Å². The first-order chi connectivity index (χ1) is 8.77. The van der Waals surface area contributed by atoms with E-state index >= 15 is 0 Å². The van der Waals surface area contributed by atoms with Crippen molar-refractivity contribution in [3.05, 3.63) is 0 Å². The molecule has 0 aromatic carbocycles. The van der Waals surface area contributed by atoms with E-state index in [-0.39, 0.29) is 11.9 Å². The molecule has 1 amide bonds. The minimum atomic E-state index is 0.0531. The predicted molar refractivity (Wildman–Crippen MR) is 71.4 cm³/mol. The second kappa shape index (κ2) is 7.10. The number of carbonyl (C=O) groups is 1. The van der Waals surface area contributed by atoms with Gasteiger partial charge < -0.3 is 15.0 Å². The summed E-state index contributed by atoms with van der Waals surface area (Å²) in [5, 5.41) is 3.38. The highest BCUT2D eigenvalue weighted by Gasteiger charge is 2.25. The van der Waals surface area contributed by atoms with Crippen LogP contribution in [0.1, 0.15) is 38.5 Å². The standard InChI is InChI=1S/C14H26N2O2/c1-16(11-12-6-9-18-10-7-12)14(17)13-5-3-2-4-8-15-13/h12-13,15H,2-11H2,1H3. The van der Waals surface area contributed by atoms with Crippen molar-refractivity contribution in [2.75, 3.05) is 33.4 Å². The molecule has 0 bridgehead atoms. The Morgan fingerprint density at radius 1 is 1.22 bits per heavy atom. The highest BCUT2D eigenvalue weighted by molar-refractivity contribution is 5.81. The van der Waals surface area contributed by atoms with E-state index in [2.05, 4.69) is 5.32 Å². The Kier molecular flexibility index (Phi) is 5.45. The molecule has 2 rings (SSSR count). The lowest BCUT2D eigenvalue weighted by molar-refractivity contribution is -0.133. The largest absolute Gasteiger partial charge is 0.381 e. The second-order valence-corrected chi connectivity index (χ2v) is 5.63. The number of hydrogen-bond donors (Lipinski definition) is 1. The molecule has 4 heteroatoms. The van der Waals surface area contributed by atoms with Crippen LogP contribution >= 0.6 is 0 Å². The van der Waals surface area contributed by atoms with Crippen molar-refractivity contribution in [1.29, 1.82) is 0 Å². The Balaban J connectivity index is 1.79. The Hall–Kier alpha value is -0.610. The topological polar surface area (TPSA) is 41.6 Å². The van der Waals surface area contributed by atoms with E-state index < -0.39 is 0 Å². The molecule has 1 unspecified atom stereocenters. The van der Waals surface area contributed by atoms with Crippen LogP contribution in [0.2, 0.25) is 0 Å². The van der Waals surface area contributed by atoms with Crippen LogP contribution in [0.3, 0.4) is 0 Å². The molecule has 4 nitrogen and oxygen atoms in total. The van der Waals surface area contributed by atoms with Crippen molar-refractivity contribution < 1.29 is 9.53 Å². The van der Waals surface area contributed by atoms with Crippen LogP contribution in [0.4, 0.5) is 0 Å². The third-order valence-corrected chi connectivity index (χ3v) is 4.11. The molecule has 0 aliphatic carbocycles. The zero-order valence-corrected chi connectivity index (χ0v) is 11.5. The Bertz CT molecular complexity index is 257. The normalized spacial score (nSPS) is 26.6. The van der Waals surface area contributed by atoms with E-state index in [9.17, 15) is 4.79 Å². The summed E-state index contributed by atoms with van der Waals surface area (Å²) in [7, 11) is 1.95. The van der Waals surface area contributed by atoms with Crippen LogP contribution in [0.25, 0.3) is 0 Å². The van der Waals surface area contributed by atoms with Gasteiger partial charge >= 0.3 is 0 Å². The van der Waals surface area contributed by atoms with Gasteiger partial charge in [0, 0.05) is 26.8 Å². The van der Waals surface area contributed by atoms with Gasteiger partial charge in [0.05, 0.1) is 6.04 Å². The average molecular weight is 254 g/mol. The maximum Gasteiger partial charge on any atom is 0.239 e. The minimum Gasteiger partial charge on any atom is -0.381 e. The SMILES string of the molecule is CN(CC1CCOCC1)C(=O)C1CCCCCN1. The molecule has 2 fully saturated rings. The molecule has 0 aromatic rings. The molecular formula is C14H26N2O2. The molecule has 0 radical (unpaired) electrons. The highest BCUT2D eigenvalue weighted by atomic mass is 16.5. The molecule has 104 valence electrons. The number of carbonyl (C=O) groups excluding carboxylic acids is 1. The van der Waals surface area contributed by atoms with Crippen LogP contribution in [0.5, 0.6) is 0 Å². The van der Waals surface area contributed by atoms with Gasteiger partial charge in [-0.05, 0) is 38.1 Å². The van der Waals surface area contributed by atoms with Crippen molar-refractivity contribution in [2.45, 2.75) is 44.6 Å². The first-order valence-electron chi connectivity index (χ1n) is 7.33. The quantitative estimate of drug-likeness (QED) is 0.828. The molecular weight excluding hydrogens is 228 g/mol. The molecule has 2 saturated heterocycles. The van der Waals surface area contributed by atoms with E-state index in [0.717, 1.165) is 45.6 Å². The zero-order chi connectivity index (χ0) is 12.8. The molecule has 18 heavy (non-hydrogen) atoms. The summed E-state index contributed by atoms with van der Waals surface area (Å²) >= 11 is 0. The summed E-state index contributed by atoms with van der Waals surface area (Å²) in [5.74, 6) is 0.905. The van der Waals surface area contributed by atoms with Crippen molar-refractivity contribution in [3.8, 4) is 0 Å². The fourth-order valence-corrected chi connectivity index (χ4v) is 2.91. The average Bonchev–Trinajstić information content (AvgIpc) is 2.68. The van der Waals surface area contributed by atoms with Crippen molar-refractivity contribution in [3.63, 3.8) is 0 Å². The summed E-state index contributed by atoms with van der Waals surface area (Å²) in [4.78, 5) is 14.3. The van der Waals surface area contributed by atoms with E-state index in [1.807, 2.05) is 11.9 Å². The lowest BCUT2D eigenvalue weighted by atomic mass is 9.99. The van der Waals surface area contributed by atoms with Gasteiger partial charge in [0.1, 0.15) is 0 Å². The molecule has 0 aromatic heterocycles. The summed E-state index contributed by atoms with van der Waals surface area (Å²) in [6, 6.07) is 0.0531. The maximum atomic E-state index is 12.4. The minimum absolute atomic E-state index is 0.0531. The lowest BCUT2D eigenvalue weighted by Crippen LogP contribution is -2.46. The van der Waals surface area contributed by atoms with Gasteiger partial charge in [-0.15, -0.1) is 0 Å². The number of nitrogens with zero attached hydrogens (tertiary/aromatic N) is 1. The number of amides is 1. The van der Waals surface area contributed by atoms with Crippen LogP contribution in [-0.4, -0.2) is 50.2 Å². The third-order valence-electron chi connectivity index (χ3n) is 4.11. The molecule has 1 atom stereocenters. The number of nitrogens with one attached hydrogen (secondary N) is 1. The van der Waals surface area contributed by atoms with Crippen molar-refractivity contribution in [2.24, 2.45) is 5.92 Å². The van der Waals surface area contributed by atoms with Gasteiger partial charge in [-0.25, -0.2) is 0 Å². The summed E-state index contributed by atoms with van der Waals surface area (Å²) in [5.41, 5.74) is 0. The van der Waals surface area contributed by atoms with Gasteiger partial charge in [0.25, 0.3) is 0 Å². The van der Waals surface area contributed by atoms with Crippen LogP contribution in [0, 0.1) is 5.92 Å². The van der Waals surface area contributed by atoms with Crippen LogP contribution in [-0.2, 0) is 9.53 Å². The lowest BCUT2D eigenvalue weighted by Gasteiger charge is -2.29. The maximum absolute atomic E-state index is 12.4. The van der Waals surface area contributed by atoms with Gasteiger partial charge in [-0.1, -0.05) is 12.8 Å². The fourth-order valence-electron chi connectivity index (χ4n) is 2.91. The van der Waals surface area contributed by atoms with E-state index in [1.54, 1.807) is 0 Å². The molecule has 0 spiro atoms. The predicted octanol–water partition coefficient (Wildman–Crippen LogP) is 1.40. The monoisotopic (exact) mass is 254 g/mol. The van der Waals surface area contributed by atoms with Gasteiger partial charge in [0.15, 0.2) is 0 Å². The van der Waals surface area contributed by atoms with Gasteiger partial charge in [-0.3, -0.25) is 4.79 Å². The Morgan fingerprint density at radius 3 is 2.78 bits per heavy atom. The van der Waals surface area contributed by atoms with Gasteiger partial charge in [-0.2, -0.15) is 0 Å². The van der Waals surface area contributed by atoms with E-state index in [1.165, 1.54) is 19.3 Å². The third kappa shape index (κ3) is 3.95. The number of hydrogen-bond acceptors (Lipinski definition) is 3. The van der Waals surface area contributed by atoms with E-state index in [4.69, 9.17) is 4.74 Å². The van der Waals surface area contributed by atoms with Crippen molar-refractivity contribution in [1.82, 2.24) is 10.2 Å². The Labute approximate surface area is 110 Å². The first-order valence-corrected chi connectivity index (χ1v) is 7.33. The van der Waals surface area contributed by atoms with E-state index in [0.29, 0.717) is 5.92 Å². The van der Waals surface area contributed by atoms with Crippen LogP contribution < -0.4 is 5.32 Å². The summed E-state index contributed by atoms with van der Waals surface area (Å²) < 4.78 is 5.36. The molecule has 0 saturated carbocycles. The number of likely N-dealkylation sites (N-methyl/N-ethyl adjacent to an activating group) is 1. The fraction of sp³-hybridized carbons (Fsp3) is 0.929. The smallest absolute Gasteiger partial charge is 0.239 e. The summed E-state index contributed by atoms with van der Waals surface area (Å²) in [6.07, 6.45) is 6.81. The second-order valence-electron chi connectivity index (χ2n) is 5.63. The van der Waals surface area contributed by atoms with Gasteiger partial charge in [0.2, 0.25) is 5.91 Å². The molecule has 2 aliphatic rings. The Morgan fingerprint density at radius 2 is 2.00 bits per heavy atom. The number of ether oxygens (including phenoxy) is 1. The number of rotatable bonds is 3. The molecule has 2 heterocycles. The zero-order valence-electron chi connectivity index (χ0n) is 11.5. The van der Waals surface area contributed by atoms with Crippen molar-refractivity contribution >= 4 is 5.91 Å². The highest BCUT2D eigenvalue weighted by Crippen LogP contribution is 2.17. The molecule has 2 aliphatic heterocycles. The molecule has 1 N–H and O–H groups in total.